The fourth-order valence-corrected chi connectivity index (χ4v) is 8.70. The number of carbonyl (C=O) groups is 8. The number of primary amides is 1. The van der Waals surface area contributed by atoms with Crippen LogP contribution in [0.5, 0.6) is 5.75 Å². The number of amides is 3. The number of carbonyl (C=O) groups excluding carboxylic acids is 8. The van der Waals surface area contributed by atoms with E-state index in [0.717, 1.165) is 4.90 Å². The summed E-state index contributed by atoms with van der Waals surface area (Å²) in [6.07, 6.45) is -1.15. The van der Waals surface area contributed by atoms with E-state index in [1.54, 1.807) is 71.0 Å². The highest BCUT2D eigenvalue weighted by Crippen LogP contribution is 2.52. The first-order valence-corrected chi connectivity index (χ1v) is 18.8. The Morgan fingerprint density at radius 1 is 1.02 bits per heavy atom. The highest BCUT2D eigenvalue weighted by Gasteiger charge is 2.69. The molecule has 3 amide bonds. The molecule has 3 aliphatic carbocycles. The first-order valence-electron chi connectivity index (χ1n) is 18.8. The number of para-hydroxylation sites is 1. The minimum absolute atomic E-state index is 0.00522. The van der Waals surface area contributed by atoms with Crippen molar-refractivity contribution in [2.24, 2.45) is 29.4 Å². The number of anilines is 2. The summed E-state index contributed by atoms with van der Waals surface area (Å²) in [7, 11) is 6.31. The number of nitrogens with two attached hydrogens (primary N) is 1. The number of furan rings is 1. The number of phenols is 1. The molecule has 18 heteroatoms. The number of rotatable bonds is 9. The van der Waals surface area contributed by atoms with E-state index in [1.165, 1.54) is 25.1 Å². The van der Waals surface area contributed by atoms with Gasteiger partial charge >= 0.3 is 12.1 Å². The van der Waals surface area contributed by atoms with Crippen LogP contribution in [0.15, 0.2) is 34.7 Å². The van der Waals surface area contributed by atoms with Gasteiger partial charge in [0.15, 0.2) is 34.7 Å². The van der Waals surface area contributed by atoms with Gasteiger partial charge in [-0.2, -0.15) is 0 Å². The number of hydrogen-bond acceptors (Lipinski definition) is 15. The predicted molar refractivity (Wildman–Crippen MR) is 208 cm³/mol. The number of benzene rings is 2. The largest absolute Gasteiger partial charge is 0.505 e. The Labute approximate surface area is 338 Å². The van der Waals surface area contributed by atoms with Crippen LogP contribution in [0.4, 0.5) is 16.2 Å². The Kier molecular flexibility index (Phi) is 11.0. The molecule has 2 fully saturated rings. The molecule has 2 unspecified atom stereocenters. The van der Waals surface area contributed by atoms with Crippen molar-refractivity contribution < 1.29 is 62.5 Å². The molecular formula is C41H47N5O13. The molecule has 2 saturated carbocycles. The lowest BCUT2D eigenvalue weighted by Gasteiger charge is -2.52. The third-order valence-corrected chi connectivity index (χ3v) is 11.5. The zero-order valence-electron chi connectivity index (χ0n) is 33.9. The fraction of sp³-hybridized carbons (Fsp3) is 0.463. The summed E-state index contributed by atoms with van der Waals surface area (Å²) in [6.45, 7) is 5.12. The zero-order valence-corrected chi connectivity index (χ0v) is 33.9. The van der Waals surface area contributed by atoms with Crippen molar-refractivity contribution in [3.63, 3.8) is 0 Å². The van der Waals surface area contributed by atoms with E-state index in [-0.39, 0.29) is 29.9 Å². The summed E-state index contributed by atoms with van der Waals surface area (Å²) in [5.41, 5.74) is 2.63. The number of likely N-dealkylation sites (N-methyl/N-ethyl adjacent to an activating group) is 1. The van der Waals surface area contributed by atoms with Crippen LogP contribution < -0.4 is 16.0 Å². The summed E-state index contributed by atoms with van der Waals surface area (Å²) in [5, 5.41) is 26.8. The first kappa shape index (κ1) is 42.5. The van der Waals surface area contributed by atoms with Crippen molar-refractivity contribution in [1.29, 1.82) is 0 Å². The number of aryl methyl sites for hydroxylation is 1. The smallest absolute Gasteiger partial charge is 0.413 e. The monoisotopic (exact) mass is 817 g/mol. The topological polar surface area (TPSA) is 256 Å². The van der Waals surface area contributed by atoms with Crippen molar-refractivity contribution in [3.05, 3.63) is 52.8 Å². The number of ketones is 4. The van der Waals surface area contributed by atoms with E-state index < -0.39 is 107 Å². The summed E-state index contributed by atoms with van der Waals surface area (Å²) >= 11 is 0. The first-order chi connectivity index (χ1) is 27.5. The van der Waals surface area contributed by atoms with Crippen LogP contribution in [0.1, 0.15) is 59.2 Å². The second-order valence-electron chi connectivity index (χ2n) is 16.6. The minimum Gasteiger partial charge on any atom is -0.505 e. The van der Waals surface area contributed by atoms with Gasteiger partial charge in [-0.05, 0) is 78.2 Å². The van der Waals surface area contributed by atoms with E-state index in [2.05, 4.69) is 5.32 Å². The quantitative estimate of drug-likeness (QED) is 0.104. The van der Waals surface area contributed by atoms with Crippen molar-refractivity contribution >= 4 is 69.4 Å². The van der Waals surface area contributed by atoms with Gasteiger partial charge in [0.2, 0.25) is 24.4 Å². The summed E-state index contributed by atoms with van der Waals surface area (Å²) < 4.78 is 15.9. The van der Waals surface area contributed by atoms with Gasteiger partial charge in [-0.15, -0.1) is 0 Å². The average molecular weight is 818 g/mol. The molecule has 1 heterocycles. The highest BCUT2D eigenvalue weighted by atomic mass is 16.7. The number of ether oxygens (including phenoxy) is 2. The number of nitrogens with zero attached hydrogens (tertiary/aromatic N) is 3. The molecule has 3 aromatic rings. The molecule has 6 atom stereocenters. The van der Waals surface area contributed by atoms with Crippen molar-refractivity contribution in [1.82, 2.24) is 9.80 Å². The molecule has 0 saturated heterocycles. The number of aliphatic hydroxyl groups is 1. The number of aromatic hydroxyl groups is 1. The predicted octanol–water partition coefficient (Wildman–Crippen LogP) is 1.98. The second-order valence-corrected chi connectivity index (χ2v) is 16.6. The molecule has 6 rings (SSSR count). The highest BCUT2D eigenvalue weighted by molar-refractivity contribution is 6.32. The Bertz CT molecular complexity index is 2320. The van der Waals surface area contributed by atoms with Gasteiger partial charge in [0.05, 0.1) is 23.2 Å². The van der Waals surface area contributed by atoms with Crippen LogP contribution in [0, 0.1) is 30.6 Å². The Hall–Kier alpha value is -6.14. The zero-order chi connectivity index (χ0) is 43.6. The lowest BCUT2D eigenvalue weighted by Crippen LogP contribution is -2.74. The third-order valence-electron chi connectivity index (χ3n) is 11.5. The van der Waals surface area contributed by atoms with Crippen LogP contribution in [0.3, 0.4) is 0 Å². The van der Waals surface area contributed by atoms with Gasteiger partial charge in [0.25, 0.3) is 0 Å². The van der Waals surface area contributed by atoms with Crippen LogP contribution in [0.25, 0.3) is 11.0 Å². The maximum Gasteiger partial charge on any atom is 0.413 e. The van der Waals surface area contributed by atoms with Gasteiger partial charge in [0.1, 0.15) is 17.9 Å². The van der Waals surface area contributed by atoms with Crippen LogP contribution in [0.2, 0.25) is 0 Å². The van der Waals surface area contributed by atoms with Gasteiger partial charge < -0.3 is 40.1 Å². The SMILES string of the molecule is Cc1c(C(=O)OCOC(=O)N(CC(=O)Nc2cc(N(C)C)c3c(c2O)C(=O)C2C(=O)[C@]4(O)C(=O)C(C(N)=O)C(=O)[C@@H](N(C)C)[C@@H]4C[C@@H]2C3)C(C)(C)C)oc2ccccc12. The molecule has 0 bridgehead atoms. The number of nitrogens with one attached hydrogen (secondary N) is 1. The standard InChI is InChI=1S/C41H47N5O13/c1-18-20-11-9-10-12-25(20)59-34(18)38(54)57-17-58-39(55)46(40(2,3)4)16-26(47)43-23-15-24(44(5)6)21-13-19-14-22-30(45(7)8)33(50)29(37(42)53)36(52)41(22,56)35(51)27(19)32(49)28(21)31(23)48/h9-12,15,19,22,27,29-30,48,56H,13-14,16-17H2,1-8H3,(H2,42,53)(H,43,47)/t19-,22-,27?,29?,30-,41-/m0/s1. The minimum atomic E-state index is -2.90. The number of phenolic OH excluding ortho intramolecular Hbond substituents is 1. The third kappa shape index (κ3) is 7.09. The molecule has 0 aliphatic heterocycles. The summed E-state index contributed by atoms with van der Waals surface area (Å²) in [6, 6.07) is 7.18. The van der Waals surface area contributed by atoms with Crippen molar-refractivity contribution in [2.45, 2.75) is 57.7 Å². The Morgan fingerprint density at radius 3 is 2.27 bits per heavy atom. The van der Waals surface area contributed by atoms with Crippen molar-refractivity contribution in [3.8, 4) is 5.75 Å². The van der Waals surface area contributed by atoms with Gasteiger partial charge in [0, 0.05) is 42.2 Å². The van der Waals surface area contributed by atoms with E-state index in [9.17, 15) is 48.6 Å². The molecule has 18 nitrogen and oxygen atoms in total. The molecule has 1 aromatic heterocycles. The van der Waals surface area contributed by atoms with Crippen LogP contribution in [-0.4, -0.2) is 126 Å². The van der Waals surface area contributed by atoms with Gasteiger partial charge in [-0.3, -0.25) is 38.6 Å². The number of Topliss-reactive ketones (excluding diaryl/α,β-unsaturated/α-hetero) is 4. The molecule has 59 heavy (non-hydrogen) atoms. The molecule has 0 radical (unpaired) electrons. The van der Waals surface area contributed by atoms with Crippen LogP contribution >= 0.6 is 0 Å². The molecular weight excluding hydrogens is 770 g/mol. The average Bonchev–Trinajstić information content (AvgIpc) is 3.48. The molecule has 2 aromatic carbocycles. The number of esters is 1. The Balaban J connectivity index is 1.23. The lowest BCUT2D eigenvalue weighted by atomic mass is 9.52. The second kappa shape index (κ2) is 15.2. The fourth-order valence-electron chi connectivity index (χ4n) is 8.70. The van der Waals surface area contributed by atoms with E-state index >= 15 is 0 Å². The van der Waals surface area contributed by atoms with Gasteiger partial charge in [-0.1, -0.05) is 18.2 Å². The maximum atomic E-state index is 14.4. The molecule has 5 N–H and O–H groups in total. The molecule has 0 spiro atoms. The van der Waals surface area contributed by atoms with Crippen LogP contribution in [-0.2, 0) is 39.9 Å². The van der Waals surface area contributed by atoms with E-state index in [1.807, 2.05) is 0 Å². The molecule has 3 aliphatic rings. The number of fused-ring (bicyclic) bond motifs is 4. The number of hydrogen-bond donors (Lipinski definition) is 4. The summed E-state index contributed by atoms with van der Waals surface area (Å²) in [4.78, 5) is 112. The maximum absolute atomic E-state index is 14.4. The normalized spacial score (nSPS) is 23.9. The Morgan fingerprint density at radius 2 is 1.68 bits per heavy atom. The van der Waals surface area contributed by atoms with Gasteiger partial charge in [-0.25, -0.2) is 9.59 Å². The lowest BCUT2D eigenvalue weighted by molar-refractivity contribution is -0.181. The summed E-state index contributed by atoms with van der Waals surface area (Å²) in [5.74, 6) is -14.0. The molecule has 314 valence electrons. The van der Waals surface area contributed by atoms with E-state index in [4.69, 9.17) is 19.6 Å². The van der Waals surface area contributed by atoms with E-state index in [0.29, 0.717) is 27.8 Å². The van der Waals surface area contributed by atoms with Crippen molar-refractivity contribution in [2.75, 3.05) is 51.7 Å².